The van der Waals surface area contributed by atoms with Crippen molar-refractivity contribution in [3.05, 3.63) is 0 Å². The van der Waals surface area contributed by atoms with Crippen LogP contribution in [0, 0.1) is 47.3 Å². The molecule has 6 aliphatic rings. The lowest BCUT2D eigenvalue weighted by Gasteiger charge is -2.57. The molecule has 0 aromatic rings. The molecule has 2 aliphatic heterocycles. The molecule has 0 radical (unpaired) electrons. The summed E-state index contributed by atoms with van der Waals surface area (Å²) in [5.41, 5.74) is 0. The van der Waals surface area contributed by atoms with E-state index in [1.54, 1.807) is 0 Å². The van der Waals surface area contributed by atoms with E-state index >= 15 is 0 Å². The molecule has 188 valence electrons. The van der Waals surface area contributed by atoms with Gasteiger partial charge in [-0.1, -0.05) is 38.5 Å². The summed E-state index contributed by atoms with van der Waals surface area (Å²) in [6.45, 7) is 4.89. The van der Waals surface area contributed by atoms with Gasteiger partial charge in [0.05, 0.1) is 0 Å². The second-order valence-corrected chi connectivity index (χ2v) is 16.0. The van der Waals surface area contributed by atoms with Crippen molar-refractivity contribution < 1.29 is 8.85 Å². The minimum Gasteiger partial charge on any atom is -0.374 e. The largest absolute Gasteiger partial charge is 0.522 e. The first kappa shape index (κ1) is 23.5. The van der Waals surface area contributed by atoms with Gasteiger partial charge in [0.2, 0.25) is 0 Å². The highest BCUT2D eigenvalue weighted by Crippen LogP contribution is 2.52. The minimum atomic E-state index is -2.54. The van der Waals surface area contributed by atoms with E-state index in [0.29, 0.717) is 0 Å². The van der Waals surface area contributed by atoms with Gasteiger partial charge in [0.25, 0.3) is 0 Å². The van der Waals surface area contributed by atoms with Gasteiger partial charge in [-0.2, -0.15) is 0 Å². The van der Waals surface area contributed by atoms with E-state index in [1.165, 1.54) is 116 Å². The fourth-order valence-electron chi connectivity index (χ4n) is 10.2. The van der Waals surface area contributed by atoms with Gasteiger partial charge in [-0.05, 0) is 112 Å². The first-order valence-electron chi connectivity index (χ1n) is 14.8. The van der Waals surface area contributed by atoms with Crippen LogP contribution in [-0.2, 0) is 8.85 Å². The van der Waals surface area contributed by atoms with Crippen LogP contribution >= 0.6 is 0 Å². The molecular weight excluding hydrogens is 424 g/mol. The maximum absolute atomic E-state index is 6.57. The highest BCUT2D eigenvalue weighted by atomic mass is 28.4. The summed E-state index contributed by atoms with van der Waals surface area (Å²) < 4.78 is 18.7. The van der Waals surface area contributed by atoms with Crippen LogP contribution in [0.15, 0.2) is 0 Å². The molecule has 2 heterocycles. The molecule has 0 amide bonds. The van der Waals surface area contributed by atoms with Crippen molar-refractivity contribution in [3.8, 4) is 0 Å². The summed E-state index contributed by atoms with van der Waals surface area (Å²) in [6.07, 6.45) is 20.7. The quantitative estimate of drug-likeness (QED) is 0.481. The molecule has 6 fully saturated rings. The molecule has 0 spiro atoms. The summed E-state index contributed by atoms with van der Waals surface area (Å²) in [6, 6.07) is 0. The molecular formula is C28H50N2O2Si. The summed E-state index contributed by atoms with van der Waals surface area (Å²) in [4.78, 5) is 0. The van der Waals surface area contributed by atoms with Crippen molar-refractivity contribution in [2.75, 3.05) is 40.4 Å². The Morgan fingerprint density at radius 3 is 1.30 bits per heavy atom. The first-order chi connectivity index (χ1) is 16.2. The zero-order valence-electron chi connectivity index (χ0n) is 21.6. The van der Waals surface area contributed by atoms with Crippen molar-refractivity contribution >= 4 is 8.88 Å². The Balaban J connectivity index is 1.21. The van der Waals surface area contributed by atoms with E-state index in [0.717, 1.165) is 47.3 Å². The van der Waals surface area contributed by atoms with E-state index in [1.807, 2.05) is 14.2 Å². The van der Waals surface area contributed by atoms with Gasteiger partial charge in [-0.15, -0.1) is 0 Å². The SMILES string of the molecule is CO[Si](OC)(N1CCC2CCC3CCCCC3C2C1)N1CCC2CCC3CCCCC3C2C1. The number of hydrogen-bond acceptors (Lipinski definition) is 4. The molecule has 0 aromatic carbocycles. The van der Waals surface area contributed by atoms with Gasteiger partial charge < -0.3 is 8.85 Å². The molecule has 8 atom stereocenters. The van der Waals surface area contributed by atoms with E-state index in [9.17, 15) is 0 Å². The number of piperidine rings is 2. The van der Waals surface area contributed by atoms with Crippen molar-refractivity contribution in [2.24, 2.45) is 47.3 Å². The van der Waals surface area contributed by atoms with Crippen LogP contribution in [0.3, 0.4) is 0 Å². The molecule has 5 heteroatoms. The number of fused-ring (bicyclic) bond motifs is 6. The van der Waals surface area contributed by atoms with Gasteiger partial charge in [-0.25, -0.2) is 0 Å². The van der Waals surface area contributed by atoms with Crippen LogP contribution in [0.2, 0.25) is 0 Å². The Labute approximate surface area is 204 Å². The van der Waals surface area contributed by atoms with Crippen molar-refractivity contribution in [2.45, 2.75) is 89.9 Å². The molecule has 8 unspecified atom stereocenters. The molecule has 2 saturated heterocycles. The molecule has 0 aromatic heterocycles. The molecule has 6 rings (SSSR count). The molecule has 4 saturated carbocycles. The van der Waals surface area contributed by atoms with Crippen molar-refractivity contribution in [1.82, 2.24) is 9.13 Å². The van der Waals surface area contributed by atoms with E-state index in [2.05, 4.69) is 9.13 Å². The Bertz CT molecular complexity index is 620. The Hall–Kier alpha value is 0.0569. The Morgan fingerprint density at radius 2 is 0.879 bits per heavy atom. The Kier molecular flexibility index (Phi) is 6.99. The fourth-order valence-corrected chi connectivity index (χ4v) is 13.5. The van der Waals surface area contributed by atoms with Gasteiger partial charge in [0.1, 0.15) is 0 Å². The third-order valence-electron chi connectivity index (χ3n) is 11.8. The lowest BCUT2D eigenvalue weighted by molar-refractivity contribution is -0.0332. The van der Waals surface area contributed by atoms with Crippen LogP contribution in [0.5, 0.6) is 0 Å². The lowest BCUT2D eigenvalue weighted by Crippen LogP contribution is -2.73. The second kappa shape index (κ2) is 9.84. The van der Waals surface area contributed by atoms with Crippen molar-refractivity contribution in [1.29, 1.82) is 0 Å². The zero-order valence-corrected chi connectivity index (χ0v) is 22.6. The van der Waals surface area contributed by atoms with Gasteiger partial charge >= 0.3 is 8.88 Å². The lowest BCUT2D eigenvalue weighted by atomic mass is 9.60. The van der Waals surface area contributed by atoms with Crippen molar-refractivity contribution in [3.63, 3.8) is 0 Å². The highest BCUT2D eigenvalue weighted by molar-refractivity contribution is 6.61. The maximum atomic E-state index is 6.57. The van der Waals surface area contributed by atoms with Crippen LogP contribution in [0.1, 0.15) is 89.9 Å². The molecule has 33 heavy (non-hydrogen) atoms. The third kappa shape index (κ3) is 4.10. The average Bonchev–Trinajstić information content (AvgIpc) is 2.89. The standard InChI is InChI=1S/C28H50N2O2Si/c1-31-33(32-2,29-17-15-23-13-11-21-7-3-5-9-25(21)27(23)19-29)30-18-16-24-14-12-22-8-4-6-10-26(22)28(24)20-30/h21-28H,3-20H2,1-2H3. The van der Waals surface area contributed by atoms with Crippen LogP contribution in [-0.4, -0.2) is 58.4 Å². The smallest absolute Gasteiger partial charge is 0.374 e. The van der Waals surface area contributed by atoms with Gasteiger partial charge in [0.15, 0.2) is 0 Å². The second-order valence-electron chi connectivity index (χ2n) is 12.8. The predicted molar refractivity (Wildman–Crippen MR) is 135 cm³/mol. The zero-order chi connectivity index (χ0) is 22.4. The first-order valence-corrected chi connectivity index (χ1v) is 16.5. The topological polar surface area (TPSA) is 24.9 Å². The number of nitrogens with zero attached hydrogens (tertiary/aromatic N) is 2. The monoisotopic (exact) mass is 474 g/mol. The van der Waals surface area contributed by atoms with Crippen LogP contribution < -0.4 is 0 Å². The van der Waals surface area contributed by atoms with Gasteiger partial charge in [-0.3, -0.25) is 9.13 Å². The number of hydrogen-bond donors (Lipinski definition) is 0. The maximum Gasteiger partial charge on any atom is 0.522 e. The van der Waals surface area contributed by atoms with E-state index in [-0.39, 0.29) is 0 Å². The number of rotatable bonds is 4. The van der Waals surface area contributed by atoms with E-state index < -0.39 is 8.88 Å². The van der Waals surface area contributed by atoms with Gasteiger partial charge in [0, 0.05) is 27.3 Å². The average molecular weight is 475 g/mol. The minimum absolute atomic E-state index is 0.893. The van der Waals surface area contributed by atoms with Crippen LogP contribution in [0.25, 0.3) is 0 Å². The van der Waals surface area contributed by atoms with Crippen LogP contribution in [0.4, 0.5) is 0 Å². The highest BCUT2D eigenvalue weighted by Gasteiger charge is 2.57. The molecule has 0 bridgehead atoms. The molecule has 4 aliphatic carbocycles. The van der Waals surface area contributed by atoms with E-state index in [4.69, 9.17) is 8.85 Å². The molecule has 4 nitrogen and oxygen atoms in total. The summed E-state index contributed by atoms with van der Waals surface area (Å²) in [5, 5.41) is 0. The summed E-state index contributed by atoms with van der Waals surface area (Å²) in [5.74, 6) is 7.71. The summed E-state index contributed by atoms with van der Waals surface area (Å²) >= 11 is 0. The third-order valence-corrected chi connectivity index (χ3v) is 15.3. The summed E-state index contributed by atoms with van der Waals surface area (Å²) in [7, 11) is 1.41. The normalized spacial score (nSPS) is 44.9. The Morgan fingerprint density at radius 1 is 0.485 bits per heavy atom. The predicted octanol–water partition coefficient (Wildman–Crippen LogP) is 5.79. The molecule has 0 N–H and O–H groups in total. The fraction of sp³-hybridized carbons (Fsp3) is 1.00.